The van der Waals surface area contributed by atoms with Crippen molar-refractivity contribution in [3.8, 4) is 5.88 Å². The van der Waals surface area contributed by atoms with Crippen LogP contribution in [0.1, 0.15) is 51.0 Å². The second kappa shape index (κ2) is 13.8. The van der Waals surface area contributed by atoms with E-state index in [4.69, 9.17) is 9.47 Å². The van der Waals surface area contributed by atoms with Crippen molar-refractivity contribution in [2.24, 2.45) is 0 Å². The standard InChI is InChI=1S/C23H37N5O3/c1-5-9-19(8-4)24-22(29)20-18-21(31-17-14-27-12-15-30-16-13-27)26-23(25-20)28(10-6-2)11-7-3/h5,8-9,18H,6-7,10-17H2,1-4H3,(H,24,29)/b9-5-,19-8+. The van der Waals surface area contributed by atoms with Gasteiger partial charge in [0, 0.05) is 44.5 Å². The summed E-state index contributed by atoms with van der Waals surface area (Å²) in [6.07, 6.45) is 7.51. The predicted octanol–water partition coefficient (Wildman–Crippen LogP) is 3.02. The summed E-state index contributed by atoms with van der Waals surface area (Å²) < 4.78 is 11.3. The highest BCUT2D eigenvalue weighted by Gasteiger charge is 2.17. The fourth-order valence-corrected chi connectivity index (χ4v) is 3.28. The molecule has 1 aromatic rings. The van der Waals surface area contributed by atoms with E-state index in [1.807, 2.05) is 32.1 Å². The van der Waals surface area contributed by atoms with E-state index in [9.17, 15) is 4.79 Å². The third kappa shape index (κ3) is 8.30. The molecule has 0 aromatic carbocycles. The molecule has 1 fully saturated rings. The first-order valence-corrected chi connectivity index (χ1v) is 11.3. The Kier molecular flexibility index (Phi) is 11.0. The minimum atomic E-state index is -0.277. The largest absolute Gasteiger partial charge is 0.476 e. The van der Waals surface area contributed by atoms with Crippen LogP contribution in [-0.4, -0.2) is 73.3 Å². The Balaban J connectivity index is 2.20. The maximum Gasteiger partial charge on any atom is 0.274 e. The van der Waals surface area contributed by atoms with E-state index in [-0.39, 0.29) is 5.91 Å². The maximum absolute atomic E-state index is 12.9. The Hall–Kier alpha value is -2.45. The third-order valence-corrected chi connectivity index (χ3v) is 4.87. The first kappa shape index (κ1) is 24.8. The predicted molar refractivity (Wildman–Crippen MR) is 124 cm³/mol. The molecule has 0 spiro atoms. The molecule has 0 saturated carbocycles. The maximum atomic E-state index is 12.9. The van der Waals surface area contributed by atoms with E-state index in [0.29, 0.717) is 24.1 Å². The van der Waals surface area contributed by atoms with Crippen LogP contribution in [0.4, 0.5) is 5.95 Å². The van der Waals surface area contributed by atoms with Gasteiger partial charge in [0.15, 0.2) is 0 Å². The summed E-state index contributed by atoms with van der Waals surface area (Å²) in [4.78, 5) is 26.5. The Labute approximate surface area is 186 Å². The Morgan fingerprint density at radius 1 is 1.23 bits per heavy atom. The van der Waals surface area contributed by atoms with Gasteiger partial charge in [0.1, 0.15) is 12.3 Å². The monoisotopic (exact) mass is 431 g/mol. The van der Waals surface area contributed by atoms with Gasteiger partial charge in [-0.25, -0.2) is 4.98 Å². The lowest BCUT2D eigenvalue weighted by Gasteiger charge is -2.26. The molecule has 2 rings (SSSR count). The molecule has 8 heteroatoms. The van der Waals surface area contributed by atoms with Gasteiger partial charge in [0.25, 0.3) is 5.91 Å². The van der Waals surface area contributed by atoms with Gasteiger partial charge in [-0.15, -0.1) is 0 Å². The zero-order valence-electron chi connectivity index (χ0n) is 19.4. The number of rotatable bonds is 12. The fraction of sp³-hybridized carbons (Fsp3) is 0.609. The van der Waals surface area contributed by atoms with Crippen LogP contribution in [0.15, 0.2) is 30.0 Å². The lowest BCUT2D eigenvalue weighted by atomic mass is 10.3. The summed E-state index contributed by atoms with van der Waals surface area (Å²) >= 11 is 0. The van der Waals surface area contributed by atoms with Crippen LogP contribution in [0.3, 0.4) is 0 Å². The molecule has 1 saturated heterocycles. The molecule has 0 bridgehead atoms. The van der Waals surface area contributed by atoms with E-state index >= 15 is 0 Å². The third-order valence-electron chi connectivity index (χ3n) is 4.87. The first-order valence-electron chi connectivity index (χ1n) is 11.3. The van der Waals surface area contributed by atoms with Gasteiger partial charge in [0.2, 0.25) is 11.8 Å². The number of carbonyl (C=O) groups is 1. The summed E-state index contributed by atoms with van der Waals surface area (Å²) in [5.41, 5.74) is 1.02. The van der Waals surface area contributed by atoms with Gasteiger partial charge in [-0.3, -0.25) is 9.69 Å². The smallest absolute Gasteiger partial charge is 0.274 e. The van der Waals surface area contributed by atoms with Crippen LogP contribution in [0.25, 0.3) is 0 Å². The summed E-state index contributed by atoms with van der Waals surface area (Å²) in [6, 6.07) is 1.62. The number of anilines is 1. The normalized spacial score (nSPS) is 15.3. The number of hydrogen-bond donors (Lipinski definition) is 1. The lowest BCUT2D eigenvalue weighted by molar-refractivity contribution is 0.0320. The number of ether oxygens (including phenoxy) is 2. The molecule has 0 atom stereocenters. The molecule has 1 N–H and O–H groups in total. The second-order valence-electron chi connectivity index (χ2n) is 7.38. The van der Waals surface area contributed by atoms with E-state index in [1.54, 1.807) is 6.07 Å². The van der Waals surface area contributed by atoms with Crippen molar-refractivity contribution >= 4 is 11.9 Å². The van der Waals surface area contributed by atoms with Gasteiger partial charge < -0.3 is 19.7 Å². The van der Waals surface area contributed by atoms with Gasteiger partial charge in [-0.1, -0.05) is 26.0 Å². The highest BCUT2D eigenvalue weighted by molar-refractivity contribution is 5.94. The van der Waals surface area contributed by atoms with Crippen molar-refractivity contribution < 1.29 is 14.3 Å². The van der Waals surface area contributed by atoms with Crippen molar-refractivity contribution in [3.05, 3.63) is 35.7 Å². The number of nitrogens with one attached hydrogen (secondary N) is 1. The summed E-state index contributed by atoms with van der Waals surface area (Å²) in [5, 5.41) is 2.90. The molecule has 0 radical (unpaired) electrons. The van der Waals surface area contributed by atoms with E-state index in [1.165, 1.54) is 0 Å². The summed E-state index contributed by atoms with van der Waals surface area (Å²) in [7, 11) is 0. The highest BCUT2D eigenvalue weighted by atomic mass is 16.5. The van der Waals surface area contributed by atoms with Crippen molar-refractivity contribution in [2.75, 3.05) is 57.4 Å². The quantitative estimate of drug-likeness (QED) is 0.510. The minimum Gasteiger partial charge on any atom is -0.476 e. The molecule has 0 aliphatic carbocycles. The first-order chi connectivity index (χ1) is 15.1. The van der Waals surface area contributed by atoms with Gasteiger partial charge in [0.05, 0.1) is 13.2 Å². The zero-order chi connectivity index (χ0) is 22.5. The average Bonchev–Trinajstić information content (AvgIpc) is 2.79. The van der Waals surface area contributed by atoms with Gasteiger partial charge in [-0.2, -0.15) is 4.98 Å². The Morgan fingerprint density at radius 3 is 2.55 bits per heavy atom. The zero-order valence-corrected chi connectivity index (χ0v) is 19.4. The number of nitrogens with zero attached hydrogens (tertiary/aromatic N) is 4. The second-order valence-corrected chi connectivity index (χ2v) is 7.38. The fourth-order valence-electron chi connectivity index (χ4n) is 3.28. The molecule has 172 valence electrons. The SMILES string of the molecule is C/C=C\C(=C/C)NC(=O)c1cc(OCCN2CCOCC2)nc(N(CCC)CCC)n1. The molecule has 1 aliphatic heterocycles. The lowest BCUT2D eigenvalue weighted by Crippen LogP contribution is -2.38. The van der Waals surface area contributed by atoms with Gasteiger partial charge in [-0.05, 0) is 32.8 Å². The molecular weight excluding hydrogens is 394 g/mol. The topological polar surface area (TPSA) is 79.8 Å². The molecule has 31 heavy (non-hydrogen) atoms. The molecule has 2 heterocycles. The van der Waals surface area contributed by atoms with Crippen LogP contribution in [-0.2, 0) is 4.74 Å². The van der Waals surface area contributed by atoms with Crippen molar-refractivity contribution in [1.29, 1.82) is 0 Å². The van der Waals surface area contributed by atoms with E-state index < -0.39 is 0 Å². The number of aromatic nitrogens is 2. The number of morpholine rings is 1. The molecule has 1 aromatic heterocycles. The number of carbonyl (C=O) groups excluding carboxylic acids is 1. The number of allylic oxidation sites excluding steroid dienone is 3. The highest BCUT2D eigenvalue weighted by Crippen LogP contribution is 2.17. The molecule has 8 nitrogen and oxygen atoms in total. The Bertz CT molecular complexity index is 739. The van der Waals surface area contributed by atoms with Crippen LogP contribution >= 0.6 is 0 Å². The van der Waals surface area contributed by atoms with Crippen molar-refractivity contribution in [1.82, 2.24) is 20.2 Å². The molecular formula is C23H37N5O3. The Morgan fingerprint density at radius 2 is 1.94 bits per heavy atom. The molecule has 1 amide bonds. The average molecular weight is 432 g/mol. The van der Waals surface area contributed by atoms with Crippen molar-refractivity contribution in [2.45, 2.75) is 40.5 Å². The van der Waals surface area contributed by atoms with E-state index in [0.717, 1.165) is 64.5 Å². The van der Waals surface area contributed by atoms with Crippen LogP contribution in [0.2, 0.25) is 0 Å². The number of amides is 1. The van der Waals surface area contributed by atoms with Crippen LogP contribution in [0, 0.1) is 0 Å². The minimum absolute atomic E-state index is 0.277. The van der Waals surface area contributed by atoms with Crippen LogP contribution in [0.5, 0.6) is 5.88 Å². The van der Waals surface area contributed by atoms with Gasteiger partial charge >= 0.3 is 0 Å². The summed E-state index contributed by atoms with van der Waals surface area (Å²) in [6.45, 7) is 14.3. The van der Waals surface area contributed by atoms with E-state index in [2.05, 4.69) is 38.9 Å². The van der Waals surface area contributed by atoms with Crippen molar-refractivity contribution in [3.63, 3.8) is 0 Å². The summed E-state index contributed by atoms with van der Waals surface area (Å²) in [5.74, 6) is 0.681. The molecule has 0 unspecified atom stereocenters. The number of hydrogen-bond acceptors (Lipinski definition) is 7. The molecule has 1 aliphatic rings. The van der Waals surface area contributed by atoms with Crippen LogP contribution < -0.4 is 15.0 Å².